The minimum absolute atomic E-state index is 0.207. The van der Waals surface area contributed by atoms with E-state index in [9.17, 15) is 0 Å². The molecule has 3 nitrogen and oxygen atoms in total. The summed E-state index contributed by atoms with van der Waals surface area (Å²) in [5, 5.41) is 3.97. The second-order valence-electron chi connectivity index (χ2n) is 3.83. The molecule has 1 N–H and O–H groups in total. The minimum atomic E-state index is 0.207. The molecule has 1 aromatic rings. The first kappa shape index (κ1) is 9.19. The molecule has 2 aliphatic rings. The Morgan fingerprint density at radius 1 is 1.40 bits per heavy atom. The lowest BCUT2D eigenvalue weighted by Crippen LogP contribution is -2.20. The highest BCUT2D eigenvalue weighted by Crippen LogP contribution is 2.22. The number of aliphatic imine (C=N–C) groups is 1. The van der Waals surface area contributed by atoms with E-state index in [1.807, 2.05) is 24.3 Å². The number of nitrogens with one attached hydrogen (secondary N) is 1. The van der Waals surface area contributed by atoms with Crippen LogP contribution in [-0.4, -0.2) is 31.1 Å². The molecule has 0 bridgehead atoms. The van der Waals surface area contributed by atoms with Crippen molar-refractivity contribution in [2.24, 2.45) is 4.99 Å². The van der Waals surface area contributed by atoms with Crippen LogP contribution in [0.1, 0.15) is 5.56 Å². The zero-order chi connectivity index (χ0) is 10.3. The highest BCUT2D eigenvalue weighted by atomic mass is 35.5. The summed E-state index contributed by atoms with van der Waals surface area (Å²) in [6.07, 6.45) is 0.207. The number of fused-ring (bicyclic) bond motifs is 1. The van der Waals surface area contributed by atoms with Crippen LogP contribution >= 0.6 is 11.6 Å². The zero-order valence-corrected chi connectivity index (χ0v) is 8.87. The highest BCUT2D eigenvalue weighted by molar-refractivity contribution is 6.30. The summed E-state index contributed by atoms with van der Waals surface area (Å²) in [6.45, 7) is 1.80. The van der Waals surface area contributed by atoms with Crippen LogP contribution in [0.25, 0.3) is 0 Å². The summed E-state index contributed by atoms with van der Waals surface area (Å²) in [7, 11) is 0. The average Bonchev–Trinajstić information content (AvgIpc) is 2.76. The zero-order valence-electron chi connectivity index (χ0n) is 8.11. The predicted molar refractivity (Wildman–Crippen MR) is 59.5 cm³/mol. The SMILES string of the molecule is Clc1cccc(C2=NC3CNCC3O2)c1. The summed E-state index contributed by atoms with van der Waals surface area (Å²) in [5.74, 6) is 0.731. The van der Waals surface area contributed by atoms with Gasteiger partial charge in [-0.05, 0) is 18.2 Å². The van der Waals surface area contributed by atoms with Crippen molar-refractivity contribution in [1.29, 1.82) is 0 Å². The summed E-state index contributed by atoms with van der Waals surface area (Å²) < 4.78 is 5.76. The molecule has 0 amide bonds. The standard InChI is InChI=1S/C11H11ClN2O/c12-8-3-1-2-7(4-8)11-14-9-5-13-6-10(9)15-11/h1-4,9-10,13H,5-6H2. The maximum atomic E-state index is 5.92. The second kappa shape index (κ2) is 3.51. The first-order valence-electron chi connectivity index (χ1n) is 5.04. The Hall–Kier alpha value is -1.06. The first-order valence-corrected chi connectivity index (χ1v) is 5.42. The molecule has 0 aliphatic carbocycles. The largest absolute Gasteiger partial charge is 0.470 e. The Morgan fingerprint density at radius 3 is 3.13 bits per heavy atom. The Kier molecular flexibility index (Phi) is 2.15. The van der Waals surface area contributed by atoms with Crippen molar-refractivity contribution in [2.45, 2.75) is 12.1 Å². The number of rotatable bonds is 1. The fourth-order valence-corrected chi connectivity index (χ4v) is 2.17. The Bertz CT molecular complexity index is 419. The molecule has 0 saturated carbocycles. The maximum absolute atomic E-state index is 5.92. The Labute approximate surface area is 93.1 Å². The molecule has 1 fully saturated rings. The number of nitrogens with zero attached hydrogens (tertiary/aromatic N) is 1. The number of hydrogen-bond acceptors (Lipinski definition) is 3. The van der Waals surface area contributed by atoms with E-state index in [0.29, 0.717) is 5.02 Å². The minimum Gasteiger partial charge on any atom is -0.470 e. The lowest BCUT2D eigenvalue weighted by Gasteiger charge is -2.07. The van der Waals surface area contributed by atoms with Crippen LogP contribution in [0.3, 0.4) is 0 Å². The van der Waals surface area contributed by atoms with Crippen LogP contribution in [0.4, 0.5) is 0 Å². The molecular weight excluding hydrogens is 212 g/mol. The molecule has 2 heterocycles. The van der Waals surface area contributed by atoms with E-state index >= 15 is 0 Å². The lowest BCUT2D eigenvalue weighted by atomic mass is 10.2. The van der Waals surface area contributed by atoms with Gasteiger partial charge in [0, 0.05) is 23.7 Å². The molecule has 0 aromatic heterocycles. The fraction of sp³-hybridized carbons (Fsp3) is 0.364. The van der Waals surface area contributed by atoms with Gasteiger partial charge in [-0.25, -0.2) is 4.99 Å². The van der Waals surface area contributed by atoms with Gasteiger partial charge in [-0.2, -0.15) is 0 Å². The van der Waals surface area contributed by atoms with Crippen LogP contribution in [0.2, 0.25) is 5.02 Å². The maximum Gasteiger partial charge on any atom is 0.216 e. The smallest absolute Gasteiger partial charge is 0.216 e. The van der Waals surface area contributed by atoms with E-state index in [1.54, 1.807) is 0 Å². The molecule has 78 valence electrons. The third kappa shape index (κ3) is 1.62. The van der Waals surface area contributed by atoms with Crippen molar-refractivity contribution in [3.05, 3.63) is 34.9 Å². The fourth-order valence-electron chi connectivity index (χ4n) is 1.98. The summed E-state index contributed by atoms with van der Waals surface area (Å²) in [6, 6.07) is 7.89. The van der Waals surface area contributed by atoms with Gasteiger partial charge in [-0.3, -0.25) is 0 Å². The molecular formula is C11H11ClN2O. The van der Waals surface area contributed by atoms with Gasteiger partial charge < -0.3 is 10.1 Å². The van der Waals surface area contributed by atoms with E-state index in [1.165, 1.54) is 0 Å². The average molecular weight is 223 g/mol. The predicted octanol–water partition coefficient (Wildman–Crippen LogP) is 1.46. The summed E-state index contributed by atoms with van der Waals surface area (Å²) in [4.78, 5) is 4.53. The van der Waals surface area contributed by atoms with Crippen molar-refractivity contribution in [1.82, 2.24) is 5.32 Å². The molecule has 1 saturated heterocycles. The van der Waals surface area contributed by atoms with E-state index in [0.717, 1.165) is 24.6 Å². The monoisotopic (exact) mass is 222 g/mol. The van der Waals surface area contributed by atoms with Gasteiger partial charge in [-0.15, -0.1) is 0 Å². The van der Waals surface area contributed by atoms with Crippen molar-refractivity contribution < 1.29 is 4.74 Å². The van der Waals surface area contributed by atoms with E-state index in [-0.39, 0.29) is 12.1 Å². The summed E-state index contributed by atoms with van der Waals surface area (Å²) in [5.41, 5.74) is 0.969. The van der Waals surface area contributed by atoms with Crippen LogP contribution < -0.4 is 5.32 Å². The molecule has 0 radical (unpaired) electrons. The number of halogens is 1. The van der Waals surface area contributed by atoms with Crippen molar-refractivity contribution in [2.75, 3.05) is 13.1 Å². The van der Waals surface area contributed by atoms with E-state index in [4.69, 9.17) is 16.3 Å². The van der Waals surface area contributed by atoms with Crippen LogP contribution in [0.5, 0.6) is 0 Å². The van der Waals surface area contributed by atoms with E-state index in [2.05, 4.69) is 10.3 Å². The third-order valence-corrected chi connectivity index (χ3v) is 2.98. The Balaban J connectivity index is 1.90. The molecule has 2 aliphatic heterocycles. The molecule has 2 unspecified atom stereocenters. The van der Waals surface area contributed by atoms with Gasteiger partial charge in [-0.1, -0.05) is 17.7 Å². The van der Waals surface area contributed by atoms with Gasteiger partial charge >= 0.3 is 0 Å². The molecule has 15 heavy (non-hydrogen) atoms. The Morgan fingerprint density at radius 2 is 2.33 bits per heavy atom. The van der Waals surface area contributed by atoms with Crippen LogP contribution in [0.15, 0.2) is 29.3 Å². The van der Waals surface area contributed by atoms with Gasteiger partial charge in [0.1, 0.15) is 12.1 Å². The van der Waals surface area contributed by atoms with Gasteiger partial charge in [0.15, 0.2) is 0 Å². The number of hydrogen-bond donors (Lipinski definition) is 1. The number of benzene rings is 1. The highest BCUT2D eigenvalue weighted by Gasteiger charge is 2.35. The molecule has 2 atom stereocenters. The number of ether oxygens (including phenoxy) is 1. The van der Waals surface area contributed by atoms with Gasteiger partial charge in [0.2, 0.25) is 5.90 Å². The summed E-state index contributed by atoms with van der Waals surface area (Å²) >= 11 is 5.92. The molecule has 4 heteroatoms. The van der Waals surface area contributed by atoms with Crippen molar-refractivity contribution in [3.63, 3.8) is 0 Å². The van der Waals surface area contributed by atoms with Crippen LogP contribution in [-0.2, 0) is 4.74 Å². The molecule has 3 rings (SSSR count). The third-order valence-electron chi connectivity index (χ3n) is 2.75. The molecule has 0 spiro atoms. The quantitative estimate of drug-likeness (QED) is 0.781. The normalized spacial score (nSPS) is 28.5. The lowest BCUT2D eigenvalue weighted by molar-refractivity contribution is 0.225. The topological polar surface area (TPSA) is 33.6 Å². The van der Waals surface area contributed by atoms with Crippen molar-refractivity contribution in [3.8, 4) is 0 Å². The van der Waals surface area contributed by atoms with Gasteiger partial charge in [0.25, 0.3) is 0 Å². The first-order chi connectivity index (χ1) is 7.33. The molecule has 1 aromatic carbocycles. The second-order valence-corrected chi connectivity index (χ2v) is 4.26. The van der Waals surface area contributed by atoms with E-state index < -0.39 is 0 Å². The van der Waals surface area contributed by atoms with Crippen LogP contribution in [0, 0.1) is 0 Å². The van der Waals surface area contributed by atoms with Gasteiger partial charge in [0.05, 0.1) is 0 Å². The van der Waals surface area contributed by atoms with Crippen molar-refractivity contribution >= 4 is 17.5 Å².